The largest absolute Gasteiger partial charge is 0.418 e. The Labute approximate surface area is 121 Å². The molecule has 0 spiro atoms. The molecule has 1 aromatic heterocycles. The normalized spacial score (nSPS) is 12.1. The Balaban J connectivity index is 1.75. The lowest BCUT2D eigenvalue weighted by atomic mass is 10.2. The van der Waals surface area contributed by atoms with Gasteiger partial charge in [0.1, 0.15) is 11.9 Å². The van der Waals surface area contributed by atoms with Crippen LogP contribution in [0.4, 0.5) is 10.1 Å². The first-order valence-electron chi connectivity index (χ1n) is 6.63. The van der Waals surface area contributed by atoms with Gasteiger partial charge in [-0.05, 0) is 43.3 Å². The van der Waals surface area contributed by atoms with Crippen LogP contribution in [0.1, 0.15) is 18.9 Å². The van der Waals surface area contributed by atoms with Crippen LogP contribution < -0.4 is 5.32 Å². The number of nitrogens with zero attached hydrogens (tertiary/aromatic N) is 2. The van der Waals surface area contributed by atoms with Gasteiger partial charge in [0.05, 0.1) is 0 Å². The van der Waals surface area contributed by atoms with Crippen molar-refractivity contribution in [3.8, 4) is 11.5 Å². The molecule has 1 heterocycles. The van der Waals surface area contributed by atoms with E-state index in [-0.39, 0.29) is 11.9 Å². The summed E-state index contributed by atoms with van der Waals surface area (Å²) in [4.78, 5) is 0. The van der Waals surface area contributed by atoms with E-state index in [1.807, 2.05) is 37.3 Å². The molecule has 0 aliphatic carbocycles. The number of halogens is 1. The summed E-state index contributed by atoms with van der Waals surface area (Å²) in [5, 5.41) is 11.3. The van der Waals surface area contributed by atoms with Gasteiger partial charge < -0.3 is 9.73 Å². The summed E-state index contributed by atoms with van der Waals surface area (Å²) in [6.07, 6.45) is 0. The lowest BCUT2D eigenvalue weighted by molar-refractivity contribution is 0.485. The maximum atomic E-state index is 12.9. The third-order valence-electron chi connectivity index (χ3n) is 3.06. The highest BCUT2D eigenvalue weighted by atomic mass is 19.1. The molecular formula is C16H14FN3O. The number of benzene rings is 2. The minimum atomic E-state index is -0.266. The molecule has 0 radical (unpaired) electrons. The van der Waals surface area contributed by atoms with E-state index in [4.69, 9.17) is 4.42 Å². The van der Waals surface area contributed by atoms with Crippen LogP contribution in [0.2, 0.25) is 0 Å². The number of nitrogens with one attached hydrogen (secondary N) is 1. The molecule has 0 aliphatic heterocycles. The van der Waals surface area contributed by atoms with Gasteiger partial charge in [-0.2, -0.15) is 0 Å². The van der Waals surface area contributed by atoms with Crippen molar-refractivity contribution in [3.05, 3.63) is 66.3 Å². The molecule has 0 saturated heterocycles. The monoisotopic (exact) mass is 283 g/mol. The maximum Gasteiger partial charge on any atom is 0.247 e. The molecule has 0 bridgehead atoms. The highest BCUT2D eigenvalue weighted by molar-refractivity contribution is 5.52. The fourth-order valence-electron chi connectivity index (χ4n) is 1.96. The van der Waals surface area contributed by atoms with Crippen molar-refractivity contribution in [2.45, 2.75) is 13.0 Å². The Morgan fingerprint density at radius 1 is 1.00 bits per heavy atom. The average Bonchev–Trinajstić information content (AvgIpc) is 3.00. The molecule has 5 heteroatoms. The second kappa shape index (κ2) is 5.75. The second-order valence-electron chi connectivity index (χ2n) is 4.68. The predicted octanol–water partition coefficient (Wildman–Crippen LogP) is 4.05. The Bertz CT molecular complexity index is 710. The first-order valence-corrected chi connectivity index (χ1v) is 6.63. The van der Waals surface area contributed by atoms with Gasteiger partial charge in [0, 0.05) is 11.3 Å². The standard InChI is InChI=1S/C16H14FN3O/c1-11(18-14-9-7-13(17)8-10-14)15-19-20-16(21-15)12-5-3-2-4-6-12/h2-11,18H,1H3. The van der Waals surface area contributed by atoms with Crippen molar-refractivity contribution in [1.82, 2.24) is 10.2 Å². The van der Waals surface area contributed by atoms with Gasteiger partial charge in [-0.15, -0.1) is 10.2 Å². The topological polar surface area (TPSA) is 51.0 Å². The first kappa shape index (κ1) is 13.3. The molecule has 1 unspecified atom stereocenters. The van der Waals surface area contributed by atoms with E-state index in [1.165, 1.54) is 12.1 Å². The molecule has 2 aromatic carbocycles. The Morgan fingerprint density at radius 3 is 2.43 bits per heavy atom. The van der Waals surface area contributed by atoms with E-state index in [1.54, 1.807) is 12.1 Å². The van der Waals surface area contributed by atoms with Gasteiger partial charge in [-0.1, -0.05) is 18.2 Å². The number of anilines is 1. The summed E-state index contributed by atoms with van der Waals surface area (Å²) in [5.74, 6) is 0.703. The van der Waals surface area contributed by atoms with Crippen molar-refractivity contribution in [3.63, 3.8) is 0 Å². The zero-order valence-electron chi connectivity index (χ0n) is 11.5. The molecule has 0 saturated carbocycles. The smallest absolute Gasteiger partial charge is 0.247 e. The van der Waals surface area contributed by atoms with Crippen LogP contribution in [0.15, 0.2) is 59.0 Å². The van der Waals surface area contributed by atoms with Gasteiger partial charge in [0.15, 0.2) is 0 Å². The molecule has 0 amide bonds. The van der Waals surface area contributed by atoms with Gasteiger partial charge >= 0.3 is 0 Å². The van der Waals surface area contributed by atoms with Crippen LogP contribution >= 0.6 is 0 Å². The van der Waals surface area contributed by atoms with E-state index in [0.29, 0.717) is 11.8 Å². The van der Waals surface area contributed by atoms with E-state index in [0.717, 1.165) is 11.3 Å². The van der Waals surface area contributed by atoms with Crippen LogP contribution in [-0.4, -0.2) is 10.2 Å². The molecule has 21 heavy (non-hydrogen) atoms. The number of hydrogen-bond acceptors (Lipinski definition) is 4. The fourth-order valence-corrected chi connectivity index (χ4v) is 1.96. The highest BCUT2D eigenvalue weighted by Crippen LogP contribution is 2.22. The van der Waals surface area contributed by atoms with Gasteiger partial charge in [-0.3, -0.25) is 0 Å². The lowest BCUT2D eigenvalue weighted by Gasteiger charge is -2.10. The summed E-state index contributed by atoms with van der Waals surface area (Å²) in [6, 6.07) is 15.6. The van der Waals surface area contributed by atoms with Gasteiger partial charge in [0.25, 0.3) is 0 Å². The molecule has 106 valence electrons. The second-order valence-corrected chi connectivity index (χ2v) is 4.68. The average molecular weight is 283 g/mol. The number of rotatable bonds is 4. The molecule has 3 rings (SSSR count). The predicted molar refractivity (Wildman–Crippen MR) is 78.2 cm³/mol. The molecule has 0 aliphatic rings. The zero-order valence-corrected chi connectivity index (χ0v) is 11.5. The molecule has 0 fully saturated rings. The minimum Gasteiger partial charge on any atom is -0.418 e. The zero-order chi connectivity index (χ0) is 14.7. The van der Waals surface area contributed by atoms with Crippen LogP contribution in [-0.2, 0) is 0 Å². The van der Waals surface area contributed by atoms with E-state index >= 15 is 0 Å². The Hall–Kier alpha value is -2.69. The van der Waals surface area contributed by atoms with E-state index in [9.17, 15) is 4.39 Å². The molecule has 1 atom stereocenters. The van der Waals surface area contributed by atoms with Crippen LogP contribution in [0.3, 0.4) is 0 Å². The van der Waals surface area contributed by atoms with E-state index < -0.39 is 0 Å². The van der Waals surface area contributed by atoms with Crippen molar-refractivity contribution in [2.75, 3.05) is 5.32 Å². The van der Waals surface area contributed by atoms with Crippen LogP contribution in [0, 0.1) is 5.82 Å². The maximum absolute atomic E-state index is 12.9. The summed E-state index contributed by atoms with van der Waals surface area (Å²) in [7, 11) is 0. The SMILES string of the molecule is CC(Nc1ccc(F)cc1)c1nnc(-c2ccccc2)o1. The first-order chi connectivity index (χ1) is 10.2. The summed E-state index contributed by atoms with van der Waals surface area (Å²) in [6.45, 7) is 1.91. The molecule has 1 N–H and O–H groups in total. The molecule has 4 nitrogen and oxygen atoms in total. The van der Waals surface area contributed by atoms with Crippen molar-refractivity contribution in [1.29, 1.82) is 0 Å². The number of aromatic nitrogens is 2. The van der Waals surface area contributed by atoms with Crippen molar-refractivity contribution >= 4 is 5.69 Å². The summed E-state index contributed by atoms with van der Waals surface area (Å²) < 4.78 is 18.5. The fraction of sp³-hybridized carbons (Fsp3) is 0.125. The Morgan fingerprint density at radius 2 is 1.71 bits per heavy atom. The molecular weight excluding hydrogens is 269 g/mol. The van der Waals surface area contributed by atoms with Crippen LogP contribution in [0.25, 0.3) is 11.5 Å². The van der Waals surface area contributed by atoms with Crippen molar-refractivity contribution < 1.29 is 8.81 Å². The summed E-state index contributed by atoms with van der Waals surface area (Å²) >= 11 is 0. The lowest BCUT2D eigenvalue weighted by Crippen LogP contribution is -2.06. The van der Waals surface area contributed by atoms with Gasteiger partial charge in [-0.25, -0.2) is 4.39 Å². The quantitative estimate of drug-likeness (QED) is 0.784. The van der Waals surface area contributed by atoms with Gasteiger partial charge in [0.2, 0.25) is 11.8 Å². The van der Waals surface area contributed by atoms with Crippen molar-refractivity contribution in [2.24, 2.45) is 0 Å². The Kier molecular flexibility index (Phi) is 3.64. The van der Waals surface area contributed by atoms with Crippen LogP contribution in [0.5, 0.6) is 0 Å². The van der Waals surface area contributed by atoms with E-state index in [2.05, 4.69) is 15.5 Å². The third-order valence-corrected chi connectivity index (χ3v) is 3.06. The minimum absolute atomic E-state index is 0.166. The highest BCUT2D eigenvalue weighted by Gasteiger charge is 2.14. The third kappa shape index (κ3) is 3.08. The summed E-state index contributed by atoms with van der Waals surface area (Å²) in [5.41, 5.74) is 1.67. The number of hydrogen-bond donors (Lipinski definition) is 1. The molecule has 3 aromatic rings.